The maximum Gasteiger partial charge on any atom is 0.255 e. The Morgan fingerprint density at radius 3 is 2.70 bits per heavy atom. The molecule has 0 bridgehead atoms. The van der Waals surface area contributed by atoms with Crippen LogP contribution in [0.5, 0.6) is 0 Å². The number of carbonyl (C=O) groups excluding carboxylic acids is 1. The van der Waals surface area contributed by atoms with Gasteiger partial charge in [-0.1, -0.05) is 22.0 Å². The molecule has 3 nitrogen and oxygen atoms in total. The van der Waals surface area contributed by atoms with Crippen molar-refractivity contribution in [3.8, 4) is 6.07 Å². The number of amides is 1. The lowest BCUT2D eigenvalue weighted by molar-refractivity contribution is 0.102. The van der Waals surface area contributed by atoms with E-state index in [0.717, 1.165) is 4.47 Å². The van der Waals surface area contributed by atoms with Gasteiger partial charge in [0.15, 0.2) is 0 Å². The first kappa shape index (κ1) is 14.2. The van der Waals surface area contributed by atoms with Crippen molar-refractivity contribution in [2.45, 2.75) is 6.92 Å². The third kappa shape index (κ3) is 3.03. The molecule has 0 heterocycles. The van der Waals surface area contributed by atoms with E-state index in [0.29, 0.717) is 16.8 Å². The Morgan fingerprint density at radius 1 is 1.30 bits per heavy atom. The number of hydrogen-bond donors (Lipinski definition) is 1. The third-order valence-electron chi connectivity index (χ3n) is 2.78. The number of hydrogen-bond acceptors (Lipinski definition) is 2. The summed E-state index contributed by atoms with van der Waals surface area (Å²) in [5.74, 6) is -0.892. The van der Waals surface area contributed by atoms with Crippen LogP contribution in [0.1, 0.15) is 21.5 Å². The van der Waals surface area contributed by atoms with Crippen LogP contribution in [0.3, 0.4) is 0 Å². The van der Waals surface area contributed by atoms with Crippen LogP contribution in [0, 0.1) is 24.1 Å². The van der Waals surface area contributed by atoms with Crippen LogP contribution in [0.2, 0.25) is 0 Å². The normalized spacial score (nSPS) is 9.90. The number of nitrogens with one attached hydrogen (secondary N) is 1. The van der Waals surface area contributed by atoms with Crippen molar-refractivity contribution in [3.05, 3.63) is 63.4 Å². The zero-order valence-electron chi connectivity index (χ0n) is 10.6. The summed E-state index contributed by atoms with van der Waals surface area (Å²) in [5.41, 5.74) is 1.41. The number of nitrogens with zero attached hydrogens (tertiary/aromatic N) is 1. The van der Waals surface area contributed by atoms with E-state index in [4.69, 9.17) is 5.26 Å². The number of carbonyl (C=O) groups is 1. The van der Waals surface area contributed by atoms with Gasteiger partial charge in [0, 0.05) is 10.0 Å². The maximum absolute atomic E-state index is 13.4. The summed E-state index contributed by atoms with van der Waals surface area (Å²) in [4.78, 5) is 12.0. The predicted octanol–water partition coefficient (Wildman–Crippen LogP) is 4.02. The van der Waals surface area contributed by atoms with Crippen LogP contribution in [0.25, 0.3) is 0 Å². The second kappa shape index (κ2) is 5.85. The molecule has 0 unspecified atom stereocenters. The molecule has 0 aromatic heterocycles. The Bertz CT molecular complexity index is 722. The van der Waals surface area contributed by atoms with E-state index >= 15 is 0 Å². The van der Waals surface area contributed by atoms with Gasteiger partial charge in [0.25, 0.3) is 5.91 Å². The molecule has 5 heteroatoms. The van der Waals surface area contributed by atoms with Crippen molar-refractivity contribution in [2.75, 3.05) is 5.32 Å². The van der Waals surface area contributed by atoms with E-state index in [1.165, 1.54) is 12.1 Å². The lowest BCUT2D eigenvalue weighted by Gasteiger charge is -2.08. The Morgan fingerprint density at radius 2 is 2.05 bits per heavy atom. The van der Waals surface area contributed by atoms with Crippen molar-refractivity contribution in [2.24, 2.45) is 0 Å². The first-order chi connectivity index (χ1) is 9.51. The van der Waals surface area contributed by atoms with E-state index < -0.39 is 11.7 Å². The minimum Gasteiger partial charge on any atom is -0.321 e. The molecular weight excluding hydrogens is 323 g/mol. The maximum atomic E-state index is 13.4. The van der Waals surface area contributed by atoms with Gasteiger partial charge < -0.3 is 5.32 Å². The second-order valence-electron chi connectivity index (χ2n) is 4.22. The smallest absolute Gasteiger partial charge is 0.255 e. The standard InChI is InChI=1S/C15H10BrFN2O/c1-9-2-3-10(7-13(9)17)15(20)19-14-5-4-12(16)6-11(14)8-18/h2-7H,1H3,(H,19,20). The molecular formula is C15H10BrFN2O. The predicted molar refractivity (Wildman–Crippen MR) is 77.9 cm³/mol. The Kier molecular flexibility index (Phi) is 4.16. The van der Waals surface area contributed by atoms with Gasteiger partial charge in [0.1, 0.15) is 11.9 Å². The highest BCUT2D eigenvalue weighted by molar-refractivity contribution is 9.10. The molecule has 0 fully saturated rings. The zero-order valence-corrected chi connectivity index (χ0v) is 12.2. The molecule has 1 N–H and O–H groups in total. The molecule has 0 aliphatic heterocycles. The fourth-order valence-corrected chi connectivity index (χ4v) is 2.01. The van der Waals surface area contributed by atoms with Gasteiger partial charge in [0.05, 0.1) is 11.3 Å². The first-order valence-electron chi connectivity index (χ1n) is 5.78. The lowest BCUT2D eigenvalue weighted by Crippen LogP contribution is -2.13. The van der Waals surface area contributed by atoms with Gasteiger partial charge in [-0.25, -0.2) is 4.39 Å². The van der Waals surface area contributed by atoms with E-state index in [1.54, 1.807) is 31.2 Å². The number of anilines is 1. The van der Waals surface area contributed by atoms with E-state index in [-0.39, 0.29) is 5.56 Å². The van der Waals surface area contributed by atoms with E-state index in [1.807, 2.05) is 6.07 Å². The summed E-state index contributed by atoms with van der Waals surface area (Å²) >= 11 is 3.25. The number of halogens is 2. The molecule has 2 rings (SSSR count). The lowest BCUT2D eigenvalue weighted by atomic mass is 10.1. The zero-order chi connectivity index (χ0) is 14.7. The average molecular weight is 333 g/mol. The van der Waals surface area contributed by atoms with Gasteiger partial charge in [-0.15, -0.1) is 0 Å². The molecule has 0 aliphatic rings. The van der Waals surface area contributed by atoms with Crippen molar-refractivity contribution in [1.29, 1.82) is 5.26 Å². The van der Waals surface area contributed by atoms with Crippen LogP contribution in [0.4, 0.5) is 10.1 Å². The summed E-state index contributed by atoms with van der Waals surface area (Å²) in [7, 11) is 0. The number of benzene rings is 2. The summed E-state index contributed by atoms with van der Waals surface area (Å²) in [6.07, 6.45) is 0. The van der Waals surface area contributed by atoms with Gasteiger partial charge >= 0.3 is 0 Å². The first-order valence-corrected chi connectivity index (χ1v) is 6.57. The van der Waals surface area contributed by atoms with Gasteiger partial charge in [-0.2, -0.15) is 5.26 Å². The second-order valence-corrected chi connectivity index (χ2v) is 5.14. The van der Waals surface area contributed by atoms with E-state index in [2.05, 4.69) is 21.2 Å². The van der Waals surface area contributed by atoms with Crippen LogP contribution >= 0.6 is 15.9 Å². The van der Waals surface area contributed by atoms with Crippen LogP contribution in [-0.4, -0.2) is 5.91 Å². The molecule has 20 heavy (non-hydrogen) atoms. The Hall–Kier alpha value is -2.19. The van der Waals surface area contributed by atoms with Crippen LogP contribution < -0.4 is 5.32 Å². The molecule has 2 aromatic carbocycles. The minimum atomic E-state index is -0.456. The molecule has 0 aliphatic carbocycles. The largest absolute Gasteiger partial charge is 0.321 e. The molecule has 1 amide bonds. The van der Waals surface area contributed by atoms with Crippen LogP contribution in [0.15, 0.2) is 40.9 Å². The fraction of sp³-hybridized carbons (Fsp3) is 0.0667. The number of aryl methyl sites for hydroxylation is 1. The monoisotopic (exact) mass is 332 g/mol. The quantitative estimate of drug-likeness (QED) is 0.902. The molecule has 2 aromatic rings. The highest BCUT2D eigenvalue weighted by Gasteiger charge is 2.11. The third-order valence-corrected chi connectivity index (χ3v) is 3.28. The highest BCUT2D eigenvalue weighted by atomic mass is 79.9. The molecule has 0 spiro atoms. The van der Waals surface area contributed by atoms with Gasteiger partial charge in [0.2, 0.25) is 0 Å². The molecule has 0 saturated carbocycles. The fourth-order valence-electron chi connectivity index (χ4n) is 1.65. The average Bonchev–Trinajstić information content (AvgIpc) is 2.43. The number of nitriles is 1. The summed E-state index contributed by atoms with van der Waals surface area (Å²) < 4.78 is 14.2. The van der Waals surface area contributed by atoms with Crippen molar-refractivity contribution >= 4 is 27.5 Å². The van der Waals surface area contributed by atoms with Crippen LogP contribution in [-0.2, 0) is 0 Å². The Balaban J connectivity index is 2.28. The Labute approximate surface area is 124 Å². The molecule has 0 saturated heterocycles. The summed E-state index contributed by atoms with van der Waals surface area (Å²) in [6.45, 7) is 1.62. The summed E-state index contributed by atoms with van der Waals surface area (Å²) in [6, 6.07) is 11.2. The van der Waals surface area contributed by atoms with Gasteiger partial charge in [-0.3, -0.25) is 4.79 Å². The SMILES string of the molecule is Cc1ccc(C(=O)Nc2ccc(Br)cc2C#N)cc1F. The summed E-state index contributed by atoms with van der Waals surface area (Å²) in [5, 5.41) is 11.6. The highest BCUT2D eigenvalue weighted by Crippen LogP contribution is 2.21. The van der Waals surface area contributed by atoms with Gasteiger partial charge in [-0.05, 0) is 42.8 Å². The topological polar surface area (TPSA) is 52.9 Å². The number of rotatable bonds is 2. The molecule has 100 valence electrons. The molecule has 0 radical (unpaired) electrons. The van der Waals surface area contributed by atoms with Crippen molar-refractivity contribution in [3.63, 3.8) is 0 Å². The molecule has 0 atom stereocenters. The van der Waals surface area contributed by atoms with Crippen molar-refractivity contribution < 1.29 is 9.18 Å². The minimum absolute atomic E-state index is 0.208. The van der Waals surface area contributed by atoms with Crippen molar-refractivity contribution in [1.82, 2.24) is 0 Å². The van der Waals surface area contributed by atoms with E-state index in [9.17, 15) is 9.18 Å².